The van der Waals surface area contributed by atoms with Crippen LogP contribution in [0.2, 0.25) is 0 Å². The first-order chi connectivity index (χ1) is 12.3. The molecule has 0 aliphatic rings. The van der Waals surface area contributed by atoms with E-state index in [1.54, 1.807) is 4.90 Å². The van der Waals surface area contributed by atoms with Crippen LogP contribution in [0, 0.1) is 0 Å². The Bertz CT molecular complexity index is 724. The average Bonchev–Trinajstić information content (AvgIpc) is 2.98. The van der Waals surface area contributed by atoms with Gasteiger partial charge in [-0.15, -0.1) is 10.2 Å². The highest BCUT2D eigenvalue weighted by Gasteiger charge is 2.38. The molecule has 1 aromatic heterocycles. The second kappa shape index (κ2) is 8.90. The van der Waals surface area contributed by atoms with Crippen molar-refractivity contribution in [2.75, 3.05) is 31.9 Å². The number of amides is 1. The number of hydrogen-bond acceptors (Lipinski definition) is 6. The number of carbonyl (C=O) groups excluding carboxylic acids is 1. The quantitative estimate of drug-likeness (QED) is 0.547. The molecule has 2 aromatic rings. The van der Waals surface area contributed by atoms with Gasteiger partial charge in [0.05, 0.1) is 12.4 Å². The van der Waals surface area contributed by atoms with Crippen molar-refractivity contribution in [2.24, 2.45) is 0 Å². The lowest BCUT2D eigenvalue weighted by Crippen LogP contribution is -2.34. The summed E-state index contributed by atoms with van der Waals surface area (Å²) in [6, 6.07) is 9.35. The van der Waals surface area contributed by atoms with E-state index >= 15 is 0 Å². The van der Waals surface area contributed by atoms with E-state index in [4.69, 9.17) is 10.6 Å². The molecule has 2 N–H and O–H groups in total. The number of thioether (sulfide) groups is 1. The van der Waals surface area contributed by atoms with Gasteiger partial charge in [-0.2, -0.15) is 13.2 Å². The molecular weight excluding hydrogens is 371 g/mol. The Morgan fingerprint density at radius 2 is 2.00 bits per heavy atom. The molecule has 0 saturated heterocycles. The van der Waals surface area contributed by atoms with Gasteiger partial charge in [-0.1, -0.05) is 42.1 Å². The predicted octanol–water partition coefficient (Wildman–Crippen LogP) is 1.78. The largest absolute Gasteiger partial charge is 0.453 e. The lowest BCUT2D eigenvalue weighted by molar-refractivity contribution is -0.146. The second-order valence-electron chi connectivity index (χ2n) is 5.26. The molecule has 0 aliphatic heterocycles. The molecular formula is C15H18F3N5O2S. The summed E-state index contributed by atoms with van der Waals surface area (Å²) in [5, 5.41) is 6.24. The highest BCUT2D eigenvalue weighted by atomic mass is 32.2. The topological polar surface area (TPSA) is 86.3 Å². The van der Waals surface area contributed by atoms with Gasteiger partial charge in [0.25, 0.3) is 5.82 Å². The van der Waals surface area contributed by atoms with Crippen LogP contribution in [0.5, 0.6) is 0 Å². The molecule has 1 heterocycles. The average molecular weight is 389 g/mol. The molecule has 26 heavy (non-hydrogen) atoms. The summed E-state index contributed by atoms with van der Waals surface area (Å²) in [6.45, 7) is 1.06. The minimum atomic E-state index is -4.71. The van der Waals surface area contributed by atoms with Gasteiger partial charge in [-0.3, -0.25) is 4.79 Å². The van der Waals surface area contributed by atoms with Crippen LogP contribution in [0.4, 0.5) is 13.2 Å². The fourth-order valence-electron chi connectivity index (χ4n) is 2.08. The molecule has 1 aromatic carbocycles. The van der Waals surface area contributed by atoms with Crippen molar-refractivity contribution in [1.82, 2.24) is 19.8 Å². The first-order valence-electron chi connectivity index (χ1n) is 7.54. The molecule has 0 radical (unpaired) electrons. The van der Waals surface area contributed by atoms with Gasteiger partial charge in [0.15, 0.2) is 0 Å². The molecule has 0 spiro atoms. The van der Waals surface area contributed by atoms with Crippen molar-refractivity contribution in [1.29, 1.82) is 0 Å². The van der Waals surface area contributed by atoms with E-state index in [1.165, 1.54) is 7.11 Å². The van der Waals surface area contributed by atoms with Crippen LogP contribution in [0.1, 0.15) is 11.4 Å². The van der Waals surface area contributed by atoms with Gasteiger partial charge in [0.1, 0.15) is 0 Å². The monoisotopic (exact) mass is 389 g/mol. The molecule has 0 unspecified atom stereocenters. The van der Waals surface area contributed by atoms with Crippen molar-refractivity contribution in [2.45, 2.75) is 17.9 Å². The molecule has 0 saturated carbocycles. The molecule has 1 amide bonds. The maximum atomic E-state index is 12.7. The summed E-state index contributed by atoms with van der Waals surface area (Å²) < 4.78 is 43.4. The summed E-state index contributed by atoms with van der Waals surface area (Å²) in [6.07, 6.45) is -4.71. The normalized spacial score (nSPS) is 11.5. The van der Waals surface area contributed by atoms with Crippen LogP contribution in [0.25, 0.3) is 0 Å². The zero-order chi connectivity index (χ0) is 19.2. The summed E-state index contributed by atoms with van der Waals surface area (Å²) in [5.74, 6) is 3.66. The predicted molar refractivity (Wildman–Crippen MR) is 89.6 cm³/mol. The van der Waals surface area contributed by atoms with E-state index in [-0.39, 0.29) is 16.8 Å². The number of aromatic nitrogens is 3. The van der Waals surface area contributed by atoms with Crippen LogP contribution in [0.3, 0.4) is 0 Å². The Kier molecular flexibility index (Phi) is 6.86. The van der Waals surface area contributed by atoms with Gasteiger partial charge in [0, 0.05) is 20.2 Å². The zero-order valence-electron chi connectivity index (χ0n) is 13.9. The number of nitrogens with zero attached hydrogens (tertiary/aromatic N) is 4. The molecule has 0 bridgehead atoms. The summed E-state index contributed by atoms with van der Waals surface area (Å²) >= 11 is 0.797. The number of alkyl halides is 3. The number of ether oxygens (including phenoxy) is 1. The number of nitrogens with two attached hydrogens (primary N) is 1. The molecule has 0 fully saturated rings. The lowest BCUT2D eigenvalue weighted by Gasteiger charge is -2.22. The van der Waals surface area contributed by atoms with E-state index in [1.807, 2.05) is 30.3 Å². The number of methoxy groups -OCH3 is 1. The fourth-order valence-corrected chi connectivity index (χ4v) is 2.84. The number of halogens is 3. The van der Waals surface area contributed by atoms with Gasteiger partial charge in [-0.05, 0) is 5.56 Å². The summed E-state index contributed by atoms with van der Waals surface area (Å²) in [5.41, 5.74) is 0.934. The van der Waals surface area contributed by atoms with Gasteiger partial charge >= 0.3 is 6.18 Å². The lowest BCUT2D eigenvalue weighted by atomic mass is 10.2. The van der Waals surface area contributed by atoms with Crippen molar-refractivity contribution in [3.8, 4) is 0 Å². The number of rotatable bonds is 8. The van der Waals surface area contributed by atoms with Crippen LogP contribution < -0.4 is 5.84 Å². The zero-order valence-corrected chi connectivity index (χ0v) is 14.8. The molecule has 2 rings (SSSR count). The SMILES string of the molecule is COCCN(Cc1ccccc1)C(=O)CSc1nnc(C(F)(F)F)n1N. The smallest absolute Gasteiger partial charge is 0.383 e. The highest BCUT2D eigenvalue weighted by Crippen LogP contribution is 2.28. The molecule has 7 nitrogen and oxygen atoms in total. The van der Waals surface area contributed by atoms with E-state index in [0.29, 0.717) is 24.4 Å². The Hall–Kier alpha value is -2.27. The maximum absolute atomic E-state index is 12.7. The van der Waals surface area contributed by atoms with E-state index in [2.05, 4.69) is 10.2 Å². The number of hydrogen-bond donors (Lipinski definition) is 1. The molecule has 11 heteroatoms. The van der Waals surface area contributed by atoms with Gasteiger partial charge < -0.3 is 15.5 Å². The Labute approximate surface area is 152 Å². The Morgan fingerprint density at radius 1 is 1.31 bits per heavy atom. The van der Waals surface area contributed by atoms with Crippen molar-refractivity contribution < 1.29 is 22.7 Å². The third-order valence-electron chi connectivity index (χ3n) is 3.38. The van der Waals surface area contributed by atoms with Crippen LogP contribution in [-0.2, 0) is 22.3 Å². The minimum Gasteiger partial charge on any atom is -0.383 e. The van der Waals surface area contributed by atoms with E-state index < -0.39 is 12.0 Å². The number of nitrogen functional groups attached to an aromatic ring is 1. The maximum Gasteiger partial charge on any atom is 0.453 e. The van der Waals surface area contributed by atoms with Crippen LogP contribution in [-0.4, -0.2) is 51.7 Å². The molecule has 0 aliphatic carbocycles. The highest BCUT2D eigenvalue weighted by molar-refractivity contribution is 7.99. The van der Waals surface area contributed by atoms with E-state index in [9.17, 15) is 18.0 Å². The first-order valence-corrected chi connectivity index (χ1v) is 8.52. The second-order valence-corrected chi connectivity index (χ2v) is 6.20. The van der Waals surface area contributed by atoms with Crippen molar-refractivity contribution in [3.05, 3.63) is 41.7 Å². The first kappa shape index (κ1) is 20.0. The van der Waals surface area contributed by atoms with Gasteiger partial charge in [0.2, 0.25) is 11.1 Å². The standard InChI is InChI=1S/C15H18F3N5O2S/c1-25-8-7-22(9-11-5-3-2-4-6-11)12(24)10-26-14-21-20-13(23(14)19)15(16,17)18/h2-6H,7-10,19H2,1H3. The minimum absolute atomic E-state index is 0.121. The Balaban J connectivity index is 2.01. The van der Waals surface area contributed by atoms with Crippen molar-refractivity contribution >= 4 is 17.7 Å². The fraction of sp³-hybridized carbons (Fsp3) is 0.400. The van der Waals surface area contributed by atoms with Crippen molar-refractivity contribution in [3.63, 3.8) is 0 Å². The summed E-state index contributed by atoms with van der Waals surface area (Å²) in [7, 11) is 1.52. The molecule has 142 valence electrons. The molecule has 0 atom stereocenters. The Morgan fingerprint density at radius 3 is 2.58 bits per heavy atom. The summed E-state index contributed by atoms with van der Waals surface area (Å²) in [4.78, 5) is 14.0. The van der Waals surface area contributed by atoms with Crippen LogP contribution >= 0.6 is 11.8 Å². The number of carbonyl (C=O) groups is 1. The van der Waals surface area contributed by atoms with Crippen LogP contribution in [0.15, 0.2) is 35.5 Å². The third-order valence-corrected chi connectivity index (χ3v) is 4.30. The van der Waals surface area contributed by atoms with Gasteiger partial charge in [-0.25, -0.2) is 4.68 Å². The third kappa shape index (κ3) is 5.36. The van der Waals surface area contributed by atoms with E-state index in [0.717, 1.165) is 17.3 Å². The number of benzene rings is 1.